The molecule has 0 aromatic heterocycles. The van der Waals surface area contributed by atoms with Crippen molar-refractivity contribution in [3.63, 3.8) is 0 Å². The Balaban J connectivity index is 1.68. The number of nitrogen functional groups attached to an aromatic ring is 1. The Hall–Kier alpha value is -3.88. The molecular weight excluding hydrogens is 935 g/mol. The van der Waals surface area contributed by atoms with Crippen molar-refractivity contribution in [1.29, 1.82) is 0 Å². The van der Waals surface area contributed by atoms with E-state index in [4.69, 9.17) is 47.9 Å². The molecule has 32 heteroatoms. The highest BCUT2D eigenvalue weighted by atomic mass is 32.3. The number of nitrogens with zero attached hydrogens (tertiary/aromatic N) is 4. The minimum atomic E-state index is -5.07. The highest BCUT2D eigenvalue weighted by Gasteiger charge is 2.26. The molecule has 4 rings (SSSR count). The normalized spacial score (nSPS) is 12.8. The molecule has 0 saturated carbocycles. The van der Waals surface area contributed by atoms with Gasteiger partial charge in [-0.25, -0.2) is 23.8 Å². The van der Waals surface area contributed by atoms with Gasteiger partial charge in [-0.15, -0.1) is 24.0 Å². The quantitative estimate of drug-likeness (QED) is 0.00788. The van der Waals surface area contributed by atoms with Crippen molar-refractivity contribution in [2.45, 2.75) is 19.6 Å². The summed E-state index contributed by atoms with van der Waals surface area (Å²) in [7, 11) is -7.11. The van der Waals surface area contributed by atoms with Crippen molar-refractivity contribution >= 4 is 107 Å². The van der Waals surface area contributed by atoms with E-state index in [-0.39, 0.29) is 62.3 Å². The second kappa shape index (κ2) is 23.4. The van der Waals surface area contributed by atoms with Crippen LogP contribution in [0.1, 0.15) is 0 Å². The zero-order valence-electron chi connectivity index (χ0n) is 30.0. The number of phenolic OH excluding ortho intramolecular Hbond substituents is 1. The van der Waals surface area contributed by atoms with Crippen LogP contribution in [-0.4, -0.2) is 86.4 Å². The molecule has 0 saturated heterocycles. The maximum atomic E-state index is 12.5. The van der Waals surface area contributed by atoms with Crippen LogP contribution in [0.5, 0.6) is 17.2 Å². The van der Waals surface area contributed by atoms with Crippen LogP contribution in [0.25, 0.3) is 10.8 Å². The fourth-order valence-corrected chi connectivity index (χ4v) is 7.33. The molecule has 60 heavy (non-hydrogen) atoms. The third-order valence-corrected chi connectivity index (χ3v) is 10.8. The van der Waals surface area contributed by atoms with E-state index in [1.807, 2.05) is 0 Å². The summed E-state index contributed by atoms with van der Waals surface area (Å²) in [4.78, 5) is 4.47. The van der Waals surface area contributed by atoms with E-state index in [9.17, 15) is 30.7 Å². The predicted molar refractivity (Wildman–Crippen MR) is 206 cm³/mol. The van der Waals surface area contributed by atoms with Crippen LogP contribution in [-0.2, 0) is 72.1 Å². The lowest BCUT2D eigenvalue weighted by molar-refractivity contribution is -0.434. The molecule has 0 amide bonds. The van der Waals surface area contributed by atoms with Gasteiger partial charge < -0.3 is 20.3 Å². The van der Waals surface area contributed by atoms with Crippen molar-refractivity contribution < 1.29 is 95.8 Å². The van der Waals surface area contributed by atoms with E-state index in [1.165, 1.54) is 56.7 Å². The Morgan fingerprint density at radius 2 is 1.45 bits per heavy atom. The second-order valence-electron chi connectivity index (χ2n) is 10.4. The lowest BCUT2D eigenvalue weighted by Gasteiger charge is -2.14. The molecule has 0 fully saturated rings. The van der Waals surface area contributed by atoms with E-state index < -0.39 is 66.8 Å². The molecule has 0 aliphatic rings. The van der Waals surface area contributed by atoms with E-state index >= 15 is 0 Å². The van der Waals surface area contributed by atoms with Crippen molar-refractivity contribution in [3.8, 4) is 17.2 Å². The smallest absolute Gasteiger partial charge is 0.397 e. The third kappa shape index (κ3) is 14.1. The number of methoxy groups -OCH3 is 2. The molecule has 1 unspecified atom stereocenters. The van der Waals surface area contributed by atoms with Gasteiger partial charge in [-0.05, 0) is 41.8 Å². The van der Waals surface area contributed by atoms with Crippen molar-refractivity contribution in [1.82, 2.24) is 0 Å². The van der Waals surface area contributed by atoms with Gasteiger partial charge in [-0.3, -0.25) is 17.5 Å². The monoisotopic (exact) mass is 963 g/mol. The average Bonchev–Trinajstić information content (AvgIpc) is 3.21. The van der Waals surface area contributed by atoms with Crippen LogP contribution >= 0.6 is 36.4 Å². The first kappa shape index (κ1) is 48.8. The molecule has 328 valence electrons. The van der Waals surface area contributed by atoms with Crippen molar-refractivity contribution in [2.75, 3.05) is 46.4 Å². The molecule has 0 aliphatic heterocycles. The first-order valence-electron chi connectivity index (χ1n) is 15.4. The fourth-order valence-electron chi connectivity index (χ4n) is 4.40. The molecule has 0 heterocycles. The summed E-state index contributed by atoms with van der Waals surface area (Å²) in [6, 6.07) is 10.1. The number of fused-ring (bicyclic) bond motifs is 1. The van der Waals surface area contributed by atoms with E-state index in [2.05, 4.69) is 43.4 Å². The largest absolute Gasteiger partial charge is 0.505 e. The Bertz CT molecular complexity index is 2410. The van der Waals surface area contributed by atoms with Gasteiger partial charge in [0.1, 0.15) is 40.1 Å². The maximum Gasteiger partial charge on any atom is 0.397 e. The molecular formula is C28H29N5O21S6. The lowest BCUT2D eigenvalue weighted by Crippen LogP contribution is -2.11. The van der Waals surface area contributed by atoms with Gasteiger partial charge in [0, 0.05) is 12.1 Å². The van der Waals surface area contributed by atoms with Crippen LogP contribution in [0.15, 0.2) is 88.6 Å². The Kier molecular flexibility index (Phi) is 19.0. The lowest BCUT2D eigenvalue weighted by atomic mass is 10.1. The summed E-state index contributed by atoms with van der Waals surface area (Å²) in [5, 5.41) is 51.3. The second-order valence-corrected chi connectivity index (χ2v) is 16.0. The Labute approximate surface area is 353 Å². The molecule has 0 bridgehead atoms. The molecule has 26 nitrogen and oxygen atoms in total. The third-order valence-electron chi connectivity index (χ3n) is 6.80. The van der Waals surface area contributed by atoms with Crippen LogP contribution in [0.3, 0.4) is 0 Å². The zero-order valence-corrected chi connectivity index (χ0v) is 34.9. The summed E-state index contributed by atoms with van der Waals surface area (Å²) >= 11 is -0.705. The van der Waals surface area contributed by atoms with Gasteiger partial charge in [0.25, 0.3) is 10.1 Å². The summed E-state index contributed by atoms with van der Waals surface area (Å²) in [5.74, 6) is -0.399. The number of anilines is 1. The van der Waals surface area contributed by atoms with Gasteiger partial charge in [0.15, 0.2) is 29.2 Å². The molecule has 1 atom stereocenters. The number of hydrogen-bond acceptors (Lipinski definition) is 27. The topological polar surface area (TPSA) is 363 Å². The molecule has 4 aromatic carbocycles. The van der Waals surface area contributed by atoms with E-state index in [0.717, 1.165) is 18.1 Å². The zero-order chi connectivity index (χ0) is 43.9. The number of phenols is 1. The number of aromatic hydroxyl groups is 1. The van der Waals surface area contributed by atoms with Crippen LogP contribution in [0, 0.1) is 0 Å². The molecule has 0 spiro atoms. The molecule has 0 aliphatic carbocycles. The van der Waals surface area contributed by atoms with Crippen LogP contribution in [0.2, 0.25) is 0 Å². The van der Waals surface area contributed by atoms with E-state index in [0.29, 0.717) is 29.3 Å². The van der Waals surface area contributed by atoms with Gasteiger partial charge >= 0.3 is 10.4 Å². The SMILES string of the molecule is COc1cc(SOOCCOSOOO)c(OC)cc1N=Nc1c(SOOO)cc2cc(S(=O)(=O)O)c(N=Nc3ccc(S(=O)OCCOS(=O)(=O)O)cc3)c(N)c2c1O. The average molecular weight is 964 g/mol. The summed E-state index contributed by atoms with van der Waals surface area (Å²) in [5.41, 5.74) is 4.98. The molecule has 0 radical (unpaired) electrons. The molecule has 4 aromatic rings. The highest BCUT2D eigenvalue weighted by molar-refractivity contribution is 7.95. The predicted octanol–water partition coefficient (Wildman–Crippen LogP) is 6.47. The summed E-state index contributed by atoms with van der Waals surface area (Å²) in [6.45, 7) is -1.16. The number of benzene rings is 4. The number of rotatable bonds is 25. The van der Waals surface area contributed by atoms with Crippen molar-refractivity contribution in [3.05, 3.63) is 48.5 Å². The maximum absolute atomic E-state index is 12.5. The van der Waals surface area contributed by atoms with Gasteiger partial charge in [0.2, 0.25) is 0 Å². The summed E-state index contributed by atoms with van der Waals surface area (Å²) < 4.78 is 116. The highest BCUT2D eigenvalue weighted by Crippen LogP contribution is 2.50. The number of ether oxygens (including phenoxy) is 2. The summed E-state index contributed by atoms with van der Waals surface area (Å²) in [6.07, 6.45) is 0. The van der Waals surface area contributed by atoms with Gasteiger partial charge in [-0.1, -0.05) is 10.1 Å². The van der Waals surface area contributed by atoms with E-state index in [1.54, 1.807) is 0 Å². The van der Waals surface area contributed by atoms with Gasteiger partial charge in [0.05, 0.1) is 89.6 Å². The minimum absolute atomic E-state index is 0.0202. The van der Waals surface area contributed by atoms with Gasteiger partial charge in [-0.2, -0.15) is 26.3 Å². The first-order valence-corrected chi connectivity index (χ1v) is 21.5. The minimum Gasteiger partial charge on any atom is -0.505 e. The standard InChI is InChI=1S/C28H29N5O21S6/c1-44-19-14-21(55-52-46-7-8-47-57-54-51-36)20(45-2)13-18(19)31-32-26-22(56-53-50-35)11-15-12-23(59(38,39)40)27(25(29)24(15)28(26)34)33-30-16-3-5-17(6-4-16)58(37)48-9-10-49-60(41,42)43/h3-6,11-14,34-36H,7-10,29H2,1-2H3,(H,38,39,40)(H,41,42,43). The Morgan fingerprint density at radius 3 is 2.10 bits per heavy atom. The first-order chi connectivity index (χ1) is 28.6. The fraction of sp³-hybridized carbons (Fsp3) is 0.214. The Morgan fingerprint density at radius 1 is 0.767 bits per heavy atom. The molecule has 7 N–H and O–H groups in total. The number of nitrogens with two attached hydrogens (primary N) is 1. The van der Waals surface area contributed by atoms with Crippen LogP contribution < -0.4 is 15.2 Å². The van der Waals surface area contributed by atoms with Crippen molar-refractivity contribution in [2.24, 2.45) is 20.5 Å². The number of hydrogen-bond donors (Lipinski definition) is 6. The number of azo groups is 2. The van der Waals surface area contributed by atoms with Crippen LogP contribution in [0.4, 0.5) is 28.4 Å².